The summed E-state index contributed by atoms with van der Waals surface area (Å²) in [5, 5.41) is 11.4. The van der Waals surface area contributed by atoms with Gasteiger partial charge in [0.05, 0.1) is 43.0 Å². The van der Waals surface area contributed by atoms with E-state index in [0.717, 1.165) is 5.56 Å². The summed E-state index contributed by atoms with van der Waals surface area (Å²) in [4.78, 5) is 28.2. The number of halogens is 1. The first kappa shape index (κ1) is 26.3. The molecule has 0 spiro atoms. The van der Waals surface area contributed by atoms with Gasteiger partial charge in [-0.15, -0.1) is 0 Å². The molecule has 1 heterocycles. The first-order valence-corrected chi connectivity index (χ1v) is 12.5. The maximum Gasteiger partial charge on any atom is 0.295 e. The standard InChI is InChI=1S/C29H28BrNO6/c1-17(2)37-21-12-9-18(10-13-21)26-25(27(32)19-11-14-24(36-4)22(30)15-19)28(33)29(34)31(26)16-20-7-5-6-8-23(20)35-3/h5-15,17,26,32H,16H2,1-4H3/b27-25-. The molecular weight excluding hydrogens is 538 g/mol. The van der Waals surface area contributed by atoms with Gasteiger partial charge in [-0.25, -0.2) is 0 Å². The summed E-state index contributed by atoms with van der Waals surface area (Å²) in [7, 11) is 3.09. The Hall–Kier alpha value is -3.78. The topological polar surface area (TPSA) is 85.3 Å². The third kappa shape index (κ3) is 5.34. The van der Waals surface area contributed by atoms with E-state index >= 15 is 0 Å². The Morgan fingerprint density at radius 3 is 2.27 bits per heavy atom. The van der Waals surface area contributed by atoms with Crippen LogP contribution in [0.5, 0.6) is 17.2 Å². The van der Waals surface area contributed by atoms with Gasteiger partial charge < -0.3 is 24.2 Å². The highest BCUT2D eigenvalue weighted by molar-refractivity contribution is 9.10. The highest BCUT2D eigenvalue weighted by atomic mass is 79.9. The summed E-state index contributed by atoms with van der Waals surface area (Å²) in [6.45, 7) is 3.98. The average molecular weight is 566 g/mol. The second-order valence-electron chi connectivity index (χ2n) is 8.82. The van der Waals surface area contributed by atoms with Crippen molar-refractivity contribution in [1.82, 2.24) is 4.90 Å². The summed E-state index contributed by atoms with van der Waals surface area (Å²) in [5.41, 5.74) is 1.80. The summed E-state index contributed by atoms with van der Waals surface area (Å²) in [5.74, 6) is 0.115. The molecule has 3 aromatic carbocycles. The van der Waals surface area contributed by atoms with Crippen molar-refractivity contribution >= 4 is 33.4 Å². The molecule has 37 heavy (non-hydrogen) atoms. The number of hydrogen-bond acceptors (Lipinski definition) is 6. The van der Waals surface area contributed by atoms with Crippen LogP contribution in [0, 0.1) is 0 Å². The number of hydrogen-bond donors (Lipinski definition) is 1. The number of para-hydroxylation sites is 1. The number of ether oxygens (including phenoxy) is 3. The van der Waals surface area contributed by atoms with Crippen LogP contribution in [-0.4, -0.2) is 42.0 Å². The molecule has 1 N–H and O–H groups in total. The number of amides is 1. The predicted octanol–water partition coefficient (Wildman–Crippen LogP) is 5.88. The molecule has 0 bridgehead atoms. The highest BCUT2D eigenvalue weighted by Crippen LogP contribution is 2.42. The fourth-order valence-electron chi connectivity index (χ4n) is 4.38. The number of likely N-dealkylation sites (tertiary alicyclic amines) is 1. The molecule has 7 nitrogen and oxygen atoms in total. The Morgan fingerprint density at radius 2 is 1.65 bits per heavy atom. The van der Waals surface area contributed by atoms with Gasteiger partial charge in [0.25, 0.3) is 11.7 Å². The van der Waals surface area contributed by atoms with Crippen molar-refractivity contribution < 1.29 is 28.9 Å². The van der Waals surface area contributed by atoms with Crippen LogP contribution in [0.2, 0.25) is 0 Å². The lowest BCUT2D eigenvalue weighted by Gasteiger charge is -2.26. The Kier molecular flexibility index (Phi) is 7.88. The molecular formula is C29H28BrNO6. The minimum Gasteiger partial charge on any atom is -0.507 e. The highest BCUT2D eigenvalue weighted by Gasteiger charge is 2.46. The molecule has 1 atom stereocenters. The van der Waals surface area contributed by atoms with Crippen molar-refractivity contribution in [2.75, 3.05) is 14.2 Å². The lowest BCUT2D eigenvalue weighted by Crippen LogP contribution is -2.29. The second kappa shape index (κ2) is 11.1. The largest absolute Gasteiger partial charge is 0.507 e. The Bertz CT molecular complexity index is 1350. The molecule has 1 aliphatic rings. The SMILES string of the molecule is COc1ccc(/C(O)=C2/C(=O)C(=O)N(Cc3ccccc3OC)C2c2ccc(OC(C)C)cc2)cc1Br. The fraction of sp³-hybridized carbons (Fsp3) is 0.241. The second-order valence-corrected chi connectivity index (χ2v) is 9.68. The summed E-state index contributed by atoms with van der Waals surface area (Å²) >= 11 is 3.42. The molecule has 0 saturated carbocycles. The van der Waals surface area contributed by atoms with E-state index in [1.165, 1.54) is 12.0 Å². The zero-order valence-corrected chi connectivity index (χ0v) is 22.6. The maximum absolute atomic E-state index is 13.4. The number of aliphatic hydroxyl groups is 1. The number of carbonyl (C=O) groups excluding carboxylic acids is 2. The molecule has 1 aliphatic heterocycles. The van der Waals surface area contributed by atoms with E-state index in [9.17, 15) is 14.7 Å². The fourth-order valence-corrected chi connectivity index (χ4v) is 4.92. The molecule has 0 radical (unpaired) electrons. The maximum atomic E-state index is 13.4. The van der Waals surface area contributed by atoms with Crippen LogP contribution in [0.3, 0.4) is 0 Å². The van der Waals surface area contributed by atoms with Crippen LogP contribution < -0.4 is 14.2 Å². The number of methoxy groups -OCH3 is 2. The van der Waals surface area contributed by atoms with Gasteiger partial charge in [-0.05, 0) is 71.7 Å². The van der Waals surface area contributed by atoms with E-state index in [-0.39, 0.29) is 24.0 Å². The Balaban J connectivity index is 1.85. The third-order valence-electron chi connectivity index (χ3n) is 6.07. The van der Waals surface area contributed by atoms with Gasteiger partial charge in [-0.3, -0.25) is 9.59 Å². The van der Waals surface area contributed by atoms with Crippen molar-refractivity contribution in [2.45, 2.75) is 32.5 Å². The number of rotatable bonds is 8. The summed E-state index contributed by atoms with van der Waals surface area (Å²) in [6.07, 6.45) is -0.00412. The van der Waals surface area contributed by atoms with Gasteiger partial charge in [0.2, 0.25) is 0 Å². The van der Waals surface area contributed by atoms with E-state index in [1.54, 1.807) is 55.6 Å². The monoisotopic (exact) mass is 565 g/mol. The molecule has 192 valence electrons. The molecule has 0 aliphatic carbocycles. The molecule has 8 heteroatoms. The molecule has 0 aromatic heterocycles. The number of benzene rings is 3. The van der Waals surface area contributed by atoms with E-state index in [4.69, 9.17) is 14.2 Å². The lowest BCUT2D eigenvalue weighted by molar-refractivity contribution is -0.140. The minimum atomic E-state index is -0.820. The molecule has 1 saturated heterocycles. The molecule has 1 unspecified atom stereocenters. The van der Waals surface area contributed by atoms with Gasteiger partial charge in [0.15, 0.2) is 0 Å². The first-order chi connectivity index (χ1) is 17.7. The normalized spacial score (nSPS) is 16.8. The van der Waals surface area contributed by atoms with Gasteiger partial charge >= 0.3 is 0 Å². The van der Waals surface area contributed by atoms with Gasteiger partial charge in [-0.1, -0.05) is 30.3 Å². The van der Waals surface area contributed by atoms with Crippen molar-refractivity contribution in [3.05, 3.63) is 93.5 Å². The predicted molar refractivity (Wildman–Crippen MR) is 144 cm³/mol. The van der Waals surface area contributed by atoms with Crippen molar-refractivity contribution in [3.8, 4) is 17.2 Å². The average Bonchev–Trinajstić information content (AvgIpc) is 3.13. The van der Waals surface area contributed by atoms with Crippen LogP contribution in [0.4, 0.5) is 0 Å². The smallest absolute Gasteiger partial charge is 0.295 e. The summed E-state index contributed by atoms with van der Waals surface area (Å²) in [6, 6.07) is 18.7. The van der Waals surface area contributed by atoms with Gasteiger partial charge in [0, 0.05) is 11.1 Å². The zero-order chi connectivity index (χ0) is 26.7. The number of nitrogens with zero attached hydrogens (tertiary/aromatic N) is 1. The van der Waals surface area contributed by atoms with Crippen LogP contribution in [-0.2, 0) is 16.1 Å². The van der Waals surface area contributed by atoms with Crippen LogP contribution in [0.15, 0.2) is 76.8 Å². The number of aliphatic hydroxyl groups excluding tert-OH is 1. The zero-order valence-electron chi connectivity index (χ0n) is 21.0. The number of carbonyl (C=O) groups is 2. The van der Waals surface area contributed by atoms with Crippen LogP contribution >= 0.6 is 15.9 Å². The number of Topliss-reactive ketones (excluding diaryl/α,β-unsaturated/α-hetero) is 1. The van der Waals surface area contributed by atoms with Crippen LogP contribution in [0.1, 0.15) is 36.6 Å². The minimum absolute atomic E-state index is 0.00412. The van der Waals surface area contributed by atoms with E-state index in [1.807, 2.05) is 32.0 Å². The van der Waals surface area contributed by atoms with E-state index < -0.39 is 17.7 Å². The summed E-state index contributed by atoms with van der Waals surface area (Å²) < 4.78 is 17.1. The van der Waals surface area contributed by atoms with Crippen LogP contribution in [0.25, 0.3) is 5.76 Å². The lowest BCUT2D eigenvalue weighted by atomic mass is 9.95. The van der Waals surface area contributed by atoms with Crippen molar-refractivity contribution in [3.63, 3.8) is 0 Å². The molecule has 4 rings (SSSR count). The molecule has 1 amide bonds. The van der Waals surface area contributed by atoms with E-state index in [2.05, 4.69) is 15.9 Å². The van der Waals surface area contributed by atoms with E-state index in [0.29, 0.717) is 32.8 Å². The van der Waals surface area contributed by atoms with Gasteiger partial charge in [-0.2, -0.15) is 0 Å². The Morgan fingerprint density at radius 1 is 0.973 bits per heavy atom. The quantitative estimate of drug-likeness (QED) is 0.209. The third-order valence-corrected chi connectivity index (χ3v) is 6.69. The first-order valence-electron chi connectivity index (χ1n) is 11.8. The van der Waals surface area contributed by atoms with Gasteiger partial charge in [0.1, 0.15) is 23.0 Å². The van der Waals surface area contributed by atoms with Crippen molar-refractivity contribution in [2.24, 2.45) is 0 Å². The van der Waals surface area contributed by atoms with Crippen molar-refractivity contribution in [1.29, 1.82) is 0 Å². The molecule has 1 fully saturated rings. The molecule has 3 aromatic rings. The number of ketones is 1. The Labute approximate surface area is 224 Å².